The minimum absolute atomic E-state index is 0.176. The molecule has 0 aliphatic heterocycles. The number of nitrogens with one attached hydrogen (secondary N) is 1. The number of aromatic nitrogens is 2. The van der Waals surface area contributed by atoms with Crippen molar-refractivity contribution >= 4 is 11.7 Å². The number of aryl methyl sites for hydroxylation is 1. The smallest absolute Gasteiger partial charge is 0.251 e. The van der Waals surface area contributed by atoms with Crippen molar-refractivity contribution in [2.45, 2.75) is 19.4 Å². The van der Waals surface area contributed by atoms with Crippen LogP contribution in [-0.2, 0) is 17.8 Å². The molecule has 0 saturated heterocycles. The van der Waals surface area contributed by atoms with E-state index in [0.29, 0.717) is 42.9 Å². The van der Waals surface area contributed by atoms with Crippen molar-refractivity contribution in [1.29, 1.82) is 5.26 Å². The van der Waals surface area contributed by atoms with Crippen LogP contribution >= 0.6 is 0 Å². The first kappa shape index (κ1) is 21.0. The number of ether oxygens (including phenoxy) is 1. The highest BCUT2D eigenvalue weighted by Crippen LogP contribution is 2.21. The molecule has 0 spiro atoms. The van der Waals surface area contributed by atoms with Gasteiger partial charge in [-0.15, -0.1) is 0 Å². The lowest BCUT2D eigenvalue weighted by atomic mass is 10.1. The van der Waals surface area contributed by atoms with E-state index in [1.165, 1.54) is 16.8 Å². The Morgan fingerprint density at radius 2 is 2.07 bits per heavy atom. The monoisotopic (exact) mass is 407 g/mol. The SMILES string of the molecule is COCc1cccc(C(=O)NCCCc2nn(-c3ccc(F)cc3)c(N)c2C#N)c1. The first-order valence-corrected chi connectivity index (χ1v) is 9.43. The number of nitrogens with two attached hydrogens (primary N) is 1. The Balaban J connectivity index is 1.61. The predicted molar refractivity (Wildman–Crippen MR) is 110 cm³/mol. The van der Waals surface area contributed by atoms with Crippen molar-refractivity contribution in [3.8, 4) is 11.8 Å². The molecule has 0 radical (unpaired) electrons. The van der Waals surface area contributed by atoms with Gasteiger partial charge < -0.3 is 15.8 Å². The number of halogens is 1. The number of nitriles is 1. The summed E-state index contributed by atoms with van der Waals surface area (Å²) in [6.45, 7) is 0.859. The maximum atomic E-state index is 13.2. The topological polar surface area (TPSA) is 106 Å². The number of hydrogen-bond donors (Lipinski definition) is 2. The quantitative estimate of drug-likeness (QED) is 0.559. The third-order valence-corrected chi connectivity index (χ3v) is 4.55. The molecule has 8 heteroatoms. The molecular formula is C22H22FN5O2. The van der Waals surface area contributed by atoms with E-state index in [1.54, 1.807) is 31.4 Å². The molecule has 30 heavy (non-hydrogen) atoms. The normalized spacial score (nSPS) is 10.6. The molecule has 3 aromatic rings. The number of nitrogens with zero attached hydrogens (tertiary/aromatic N) is 3. The Hall–Kier alpha value is -3.70. The zero-order valence-electron chi connectivity index (χ0n) is 16.6. The van der Waals surface area contributed by atoms with E-state index in [0.717, 1.165) is 5.56 Å². The second-order valence-electron chi connectivity index (χ2n) is 6.70. The summed E-state index contributed by atoms with van der Waals surface area (Å²) in [4.78, 5) is 12.3. The van der Waals surface area contributed by atoms with Crippen LogP contribution < -0.4 is 11.1 Å². The Morgan fingerprint density at radius 3 is 2.77 bits per heavy atom. The van der Waals surface area contributed by atoms with E-state index >= 15 is 0 Å². The summed E-state index contributed by atoms with van der Waals surface area (Å²) in [5.41, 5.74) is 8.94. The van der Waals surface area contributed by atoms with Crippen LogP contribution in [0, 0.1) is 17.1 Å². The maximum Gasteiger partial charge on any atom is 0.251 e. The number of rotatable bonds is 8. The van der Waals surface area contributed by atoms with Gasteiger partial charge in [-0.2, -0.15) is 10.4 Å². The number of carbonyl (C=O) groups is 1. The van der Waals surface area contributed by atoms with E-state index in [-0.39, 0.29) is 23.1 Å². The van der Waals surface area contributed by atoms with Gasteiger partial charge in [0.2, 0.25) is 0 Å². The fraction of sp³-hybridized carbons (Fsp3) is 0.227. The largest absolute Gasteiger partial charge is 0.382 e. The van der Waals surface area contributed by atoms with E-state index in [4.69, 9.17) is 10.5 Å². The lowest BCUT2D eigenvalue weighted by molar-refractivity contribution is 0.0953. The van der Waals surface area contributed by atoms with Crippen molar-refractivity contribution in [3.63, 3.8) is 0 Å². The number of nitrogen functional groups attached to an aromatic ring is 1. The van der Waals surface area contributed by atoms with Crippen LogP contribution in [0.3, 0.4) is 0 Å². The van der Waals surface area contributed by atoms with Crippen LogP contribution in [0.4, 0.5) is 10.2 Å². The molecule has 7 nitrogen and oxygen atoms in total. The minimum atomic E-state index is -0.367. The van der Waals surface area contributed by atoms with E-state index in [2.05, 4.69) is 16.5 Å². The molecule has 2 aromatic carbocycles. The number of carbonyl (C=O) groups excluding carboxylic acids is 1. The average molecular weight is 407 g/mol. The average Bonchev–Trinajstić information content (AvgIpc) is 3.07. The zero-order valence-corrected chi connectivity index (χ0v) is 16.6. The van der Waals surface area contributed by atoms with Crippen molar-refractivity contribution in [2.24, 2.45) is 0 Å². The lowest BCUT2D eigenvalue weighted by Crippen LogP contribution is -2.25. The van der Waals surface area contributed by atoms with Gasteiger partial charge in [0.1, 0.15) is 23.3 Å². The summed E-state index contributed by atoms with van der Waals surface area (Å²) in [5, 5.41) is 16.7. The van der Waals surface area contributed by atoms with E-state index in [9.17, 15) is 14.4 Å². The highest BCUT2D eigenvalue weighted by molar-refractivity contribution is 5.94. The highest BCUT2D eigenvalue weighted by Gasteiger charge is 2.16. The van der Waals surface area contributed by atoms with Crippen LogP contribution in [0.5, 0.6) is 0 Å². The Bertz CT molecular complexity index is 1070. The first-order valence-electron chi connectivity index (χ1n) is 9.43. The molecule has 0 bridgehead atoms. The molecule has 1 aromatic heterocycles. The number of methoxy groups -OCH3 is 1. The van der Waals surface area contributed by atoms with Gasteiger partial charge in [0.15, 0.2) is 0 Å². The Kier molecular flexibility index (Phi) is 6.78. The minimum Gasteiger partial charge on any atom is -0.382 e. The fourth-order valence-corrected chi connectivity index (χ4v) is 3.08. The predicted octanol–water partition coefficient (Wildman–Crippen LogP) is 2.97. The van der Waals surface area contributed by atoms with Gasteiger partial charge in [0.05, 0.1) is 18.0 Å². The van der Waals surface area contributed by atoms with Crippen molar-refractivity contribution in [3.05, 3.63) is 76.7 Å². The zero-order chi connectivity index (χ0) is 21.5. The summed E-state index contributed by atoms with van der Waals surface area (Å²) >= 11 is 0. The molecule has 1 heterocycles. The van der Waals surface area contributed by atoms with Gasteiger partial charge in [-0.3, -0.25) is 4.79 Å². The second kappa shape index (κ2) is 9.67. The Morgan fingerprint density at radius 1 is 1.30 bits per heavy atom. The molecule has 0 aliphatic carbocycles. The number of anilines is 1. The molecule has 0 fully saturated rings. The third kappa shape index (κ3) is 4.82. The number of benzene rings is 2. The van der Waals surface area contributed by atoms with Gasteiger partial charge in [0.25, 0.3) is 5.91 Å². The van der Waals surface area contributed by atoms with Crippen LogP contribution in [-0.4, -0.2) is 29.3 Å². The number of hydrogen-bond acceptors (Lipinski definition) is 5. The molecule has 0 saturated carbocycles. The van der Waals surface area contributed by atoms with Gasteiger partial charge in [-0.05, 0) is 54.8 Å². The van der Waals surface area contributed by atoms with Crippen LogP contribution in [0.1, 0.15) is 33.6 Å². The van der Waals surface area contributed by atoms with Gasteiger partial charge in [-0.1, -0.05) is 12.1 Å². The second-order valence-corrected chi connectivity index (χ2v) is 6.70. The summed E-state index contributed by atoms with van der Waals surface area (Å²) < 4.78 is 19.7. The molecular weight excluding hydrogens is 385 g/mol. The number of amides is 1. The molecule has 3 N–H and O–H groups in total. The highest BCUT2D eigenvalue weighted by atomic mass is 19.1. The lowest BCUT2D eigenvalue weighted by Gasteiger charge is -2.06. The standard InChI is InChI=1S/C22H22FN5O2/c1-30-14-15-4-2-5-16(12-15)22(29)26-11-3-6-20-19(13-24)21(25)28(27-20)18-9-7-17(23)8-10-18/h2,4-5,7-10,12H,3,6,11,14,25H2,1H3,(H,26,29). The molecule has 0 unspecified atom stereocenters. The molecule has 3 rings (SSSR count). The fourth-order valence-electron chi connectivity index (χ4n) is 3.08. The molecule has 154 valence electrons. The van der Waals surface area contributed by atoms with Crippen molar-refractivity contribution in [2.75, 3.05) is 19.4 Å². The Labute approximate surface area is 173 Å². The molecule has 0 atom stereocenters. The van der Waals surface area contributed by atoms with Crippen LogP contribution in [0.15, 0.2) is 48.5 Å². The van der Waals surface area contributed by atoms with Crippen LogP contribution in [0.25, 0.3) is 5.69 Å². The van der Waals surface area contributed by atoms with Crippen molar-refractivity contribution < 1.29 is 13.9 Å². The van der Waals surface area contributed by atoms with E-state index < -0.39 is 0 Å². The molecule has 0 aliphatic rings. The summed E-state index contributed by atoms with van der Waals surface area (Å²) in [6.07, 6.45) is 1.04. The summed E-state index contributed by atoms with van der Waals surface area (Å²) in [7, 11) is 1.60. The van der Waals surface area contributed by atoms with Gasteiger partial charge >= 0.3 is 0 Å². The van der Waals surface area contributed by atoms with Crippen LogP contribution in [0.2, 0.25) is 0 Å². The third-order valence-electron chi connectivity index (χ3n) is 4.55. The van der Waals surface area contributed by atoms with E-state index in [1.807, 2.05) is 12.1 Å². The van der Waals surface area contributed by atoms with Gasteiger partial charge in [-0.25, -0.2) is 9.07 Å². The summed E-state index contributed by atoms with van der Waals surface area (Å²) in [5.74, 6) is -0.336. The van der Waals surface area contributed by atoms with Gasteiger partial charge in [0, 0.05) is 19.2 Å². The molecule has 1 amide bonds. The first-order chi connectivity index (χ1) is 14.5. The maximum absolute atomic E-state index is 13.2. The van der Waals surface area contributed by atoms with Crippen molar-refractivity contribution in [1.82, 2.24) is 15.1 Å². The summed E-state index contributed by atoms with van der Waals surface area (Å²) in [6, 6.07) is 15.0.